The molecule has 5 nitrogen and oxygen atoms in total. The Morgan fingerprint density at radius 2 is 1.86 bits per heavy atom. The van der Waals surface area contributed by atoms with Crippen LogP contribution in [-0.4, -0.2) is 40.2 Å². The summed E-state index contributed by atoms with van der Waals surface area (Å²) in [5.74, 6) is 0.758. The Balaban J connectivity index is 1.50. The van der Waals surface area contributed by atoms with Gasteiger partial charge in [-0.15, -0.1) is 0 Å². The van der Waals surface area contributed by atoms with E-state index in [-0.39, 0.29) is 5.91 Å². The second-order valence-corrected chi connectivity index (χ2v) is 6.36. The van der Waals surface area contributed by atoms with Gasteiger partial charge in [0.05, 0.1) is 12.6 Å². The number of rotatable bonds is 4. The van der Waals surface area contributed by atoms with Crippen LogP contribution >= 0.6 is 0 Å². The molecule has 2 heterocycles. The summed E-state index contributed by atoms with van der Waals surface area (Å²) in [6.07, 6.45) is 12.1. The molecule has 0 unspecified atom stereocenters. The summed E-state index contributed by atoms with van der Waals surface area (Å²) in [4.78, 5) is 14.3. The van der Waals surface area contributed by atoms with Gasteiger partial charge in [-0.1, -0.05) is 25.7 Å². The highest BCUT2D eigenvalue weighted by Crippen LogP contribution is 2.27. The molecule has 3 rings (SSSR count). The van der Waals surface area contributed by atoms with Gasteiger partial charge in [-0.2, -0.15) is 5.10 Å². The Morgan fingerprint density at radius 1 is 1.14 bits per heavy atom. The molecule has 1 saturated carbocycles. The van der Waals surface area contributed by atoms with Crippen molar-refractivity contribution in [3.05, 3.63) is 12.3 Å². The molecule has 116 valence electrons. The summed E-state index contributed by atoms with van der Waals surface area (Å²) in [5.41, 5.74) is 0. The van der Waals surface area contributed by atoms with Crippen molar-refractivity contribution >= 4 is 11.7 Å². The van der Waals surface area contributed by atoms with Crippen LogP contribution in [0.1, 0.15) is 57.4 Å². The highest BCUT2D eigenvalue weighted by Gasteiger charge is 2.17. The predicted molar refractivity (Wildman–Crippen MR) is 83.3 cm³/mol. The number of hydrogen-bond donors (Lipinski definition) is 1. The smallest absolute Gasteiger partial charge is 0.239 e. The summed E-state index contributed by atoms with van der Waals surface area (Å²) >= 11 is 0. The number of likely N-dealkylation sites (tertiary alicyclic amines) is 1. The van der Waals surface area contributed by atoms with Crippen LogP contribution < -0.4 is 5.32 Å². The van der Waals surface area contributed by atoms with E-state index in [1.807, 2.05) is 16.9 Å². The molecule has 1 saturated heterocycles. The molecule has 2 aliphatic rings. The topological polar surface area (TPSA) is 50.2 Å². The molecule has 1 aromatic rings. The molecule has 1 aliphatic carbocycles. The van der Waals surface area contributed by atoms with Crippen molar-refractivity contribution in [3.8, 4) is 0 Å². The Morgan fingerprint density at radius 3 is 2.62 bits per heavy atom. The second-order valence-electron chi connectivity index (χ2n) is 6.36. The molecule has 0 spiro atoms. The van der Waals surface area contributed by atoms with Crippen molar-refractivity contribution in [2.24, 2.45) is 0 Å². The third-order valence-electron chi connectivity index (χ3n) is 4.64. The second kappa shape index (κ2) is 7.07. The number of nitrogens with one attached hydrogen (secondary N) is 1. The minimum Gasteiger partial charge on any atom is -0.308 e. The fourth-order valence-electron chi connectivity index (χ4n) is 3.46. The lowest BCUT2D eigenvalue weighted by atomic mass is 9.96. The molecule has 1 aromatic heterocycles. The quantitative estimate of drug-likeness (QED) is 0.927. The molecule has 0 bridgehead atoms. The first-order chi connectivity index (χ1) is 10.3. The van der Waals surface area contributed by atoms with Gasteiger partial charge in [0.2, 0.25) is 5.91 Å². The maximum atomic E-state index is 12.1. The van der Waals surface area contributed by atoms with E-state index in [0.29, 0.717) is 18.4 Å². The van der Waals surface area contributed by atoms with Crippen LogP contribution in [0.5, 0.6) is 0 Å². The van der Waals surface area contributed by atoms with E-state index in [9.17, 15) is 4.79 Å². The number of anilines is 1. The van der Waals surface area contributed by atoms with Gasteiger partial charge in [0.15, 0.2) is 5.82 Å². The molecule has 21 heavy (non-hydrogen) atoms. The van der Waals surface area contributed by atoms with E-state index in [4.69, 9.17) is 0 Å². The molecule has 2 fully saturated rings. The lowest BCUT2D eigenvalue weighted by molar-refractivity contribution is -0.117. The third-order valence-corrected chi connectivity index (χ3v) is 4.64. The lowest BCUT2D eigenvalue weighted by Crippen LogP contribution is -2.36. The fourth-order valence-corrected chi connectivity index (χ4v) is 3.46. The fraction of sp³-hybridized carbons (Fsp3) is 0.750. The van der Waals surface area contributed by atoms with Crippen LogP contribution in [0, 0.1) is 0 Å². The lowest BCUT2D eigenvalue weighted by Gasteiger charge is -2.25. The summed E-state index contributed by atoms with van der Waals surface area (Å²) in [7, 11) is 0. The van der Waals surface area contributed by atoms with E-state index in [1.165, 1.54) is 51.4 Å². The van der Waals surface area contributed by atoms with E-state index in [1.54, 1.807) is 0 Å². The number of aromatic nitrogens is 2. The van der Waals surface area contributed by atoms with Crippen LogP contribution in [0.2, 0.25) is 0 Å². The van der Waals surface area contributed by atoms with Crippen LogP contribution in [-0.2, 0) is 4.79 Å². The van der Waals surface area contributed by atoms with Gasteiger partial charge in [-0.05, 0) is 38.8 Å². The van der Waals surface area contributed by atoms with Crippen molar-refractivity contribution in [1.82, 2.24) is 14.7 Å². The molecule has 5 heteroatoms. The third kappa shape index (κ3) is 4.06. The van der Waals surface area contributed by atoms with E-state index >= 15 is 0 Å². The standard InChI is InChI=1S/C16H26N4O/c21-16(13-19-10-5-2-6-11-19)17-15-9-12-20(18-15)14-7-3-1-4-8-14/h9,12,14H,1-8,10-11,13H2,(H,17,18,21). The number of carbonyl (C=O) groups excluding carboxylic acids is 1. The van der Waals surface area contributed by atoms with Crippen LogP contribution in [0.4, 0.5) is 5.82 Å². The maximum Gasteiger partial charge on any atom is 0.239 e. The van der Waals surface area contributed by atoms with Gasteiger partial charge in [-0.3, -0.25) is 14.4 Å². The van der Waals surface area contributed by atoms with Crippen molar-refractivity contribution in [2.75, 3.05) is 25.0 Å². The zero-order valence-corrected chi connectivity index (χ0v) is 12.8. The van der Waals surface area contributed by atoms with Gasteiger partial charge in [0.25, 0.3) is 0 Å². The maximum absolute atomic E-state index is 12.1. The van der Waals surface area contributed by atoms with E-state index in [0.717, 1.165) is 13.1 Å². The van der Waals surface area contributed by atoms with E-state index < -0.39 is 0 Å². The minimum atomic E-state index is 0.0609. The van der Waals surface area contributed by atoms with Crippen molar-refractivity contribution < 1.29 is 4.79 Å². The van der Waals surface area contributed by atoms with Crippen molar-refractivity contribution in [2.45, 2.75) is 57.4 Å². The number of carbonyl (C=O) groups is 1. The van der Waals surface area contributed by atoms with E-state index in [2.05, 4.69) is 15.3 Å². The molecular formula is C16H26N4O. The first-order valence-corrected chi connectivity index (χ1v) is 8.38. The molecular weight excluding hydrogens is 264 g/mol. The molecule has 1 amide bonds. The highest BCUT2D eigenvalue weighted by atomic mass is 16.2. The van der Waals surface area contributed by atoms with Crippen molar-refractivity contribution in [1.29, 1.82) is 0 Å². The molecule has 0 radical (unpaired) electrons. The number of amides is 1. The highest BCUT2D eigenvalue weighted by molar-refractivity contribution is 5.91. The zero-order chi connectivity index (χ0) is 14.5. The normalized spacial score (nSPS) is 21.3. The summed E-state index contributed by atoms with van der Waals surface area (Å²) in [6, 6.07) is 2.44. The van der Waals surface area contributed by atoms with Crippen LogP contribution in [0.25, 0.3) is 0 Å². The van der Waals surface area contributed by atoms with Gasteiger partial charge in [0, 0.05) is 12.3 Å². The Kier molecular flexibility index (Phi) is 4.91. The largest absolute Gasteiger partial charge is 0.308 e. The zero-order valence-electron chi connectivity index (χ0n) is 12.8. The SMILES string of the molecule is O=C(CN1CCCCC1)Nc1ccn(C2CCCCC2)n1. The average Bonchev–Trinajstić information content (AvgIpc) is 2.97. The molecule has 0 aromatic carbocycles. The summed E-state index contributed by atoms with van der Waals surface area (Å²) < 4.78 is 2.04. The Hall–Kier alpha value is -1.36. The Bertz CT molecular complexity index is 459. The number of hydrogen-bond acceptors (Lipinski definition) is 3. The van der Waals surface area contributed by atoms with Crippen LogP contribution in [0.15, 0.2) is 12.3 Å². The summed E-state index contributed by atoms with van der Waals surface area (Å²) in [6.45, 7) is 2.59. The monoisotopic (exact) mass is 290 g/mol. The predicted octanol–water partition coefficient (Wildman–Crippen LogP) is 2.81. The molecule has 0 atom stereocenters. The van der Waals surface area contributed by atoms with Gasteiger partial charge in [0.1, 0.15) is 0 Å². The average molecular weight is 290 g/mol. The van der Waals surface area contributed by atoms with Crippen LogP contribution in [0.3, 0.4) is 0 Å². The van der Waals surface area contributed by atoms with Crippen molar-refractivity contribution in [3.63, 3.8) is 0 Å². The molecule has 1 aliphatic heterocycles. The summed E-state index contributed by atoms with van der Waals surface area (Å²) in [5, 5.41) is 7.47. The first-order valence-electron chi connectivity index (χ1n) is 8.38. The van der Waals surface area contributed by atoms with Gasteiger partial charge in [-0.25, -0.2) is 0 Å². The Labute approximate surface area is 126 Å². The first kappa shape index (κ1) is 14.6. The van der Waals surface area contributed by atoms with Gasteiger partial charge >= 0.3 is 0 Å². The van der Waals surface area contributed by atoms with Gasteiger partial charge < -0.3 is 5.32 Å². The number of nitrogens with zero attached hydrogens (tertiary/aromatic N) is 3. The molecule has 1 N–H and O–H groups in total. The number of piperidine rings is 1. The minimum absolute atomic E-state index is 0.0609.